The Balaban J connectivity index is 1.94. The Hall–Kier alpha value is -0.640. The van der Waals surface area contributed by atoms with Gasteiger partial charge >= 0.3 is 0 Å². The van der Waals surface area contributed by atoms with Gasteiger partial charge < -0.3 is 5.32 Å². The molecule has 0 radical (unpaired) electrons. The van der Waals surface area contributed by atoms with Gasteiger partial charge in [0.2, 0.25) is 0 Å². The Morgan fingerprint density at radius 3 is 2.74 bits per heavy atom. The quantitative estimate of drug-likeness (QED) is 0.783. The molecular formula is C16H20BrNS. The van der Waals surface area contributed by atoms with Crippen molar-refractivity contribution in [2.45, 2.75) is 19.3 Å². The molecule has 3 heteroatoms. The number of thiophene rings is 1. The lowest BCUT2D eigenvalue weighted by Crippen LogP contribution is -2.21. The highest BCUT2D eigenvalue weighted by Gasteiger charge is 2.11. The first-order valence-electron chi connectivity index (χ1n) is 6.70. The summed E-state index contributed by atoms with van der Waals surface area (Å²) in [6.45, 7) is 1.08. The lowest BCUT2D eigenvalue weighted by atomic mass is 9.94. The van der Waals surface area contributed by atoms with Crippen LogP contribution in [0.5, 0.6) is 0 Å². The summed E-state index contributed by atoms with van der Waals surface area (Å²) in [5.74, 6) is 0.686. The highest BCUT2D eigenvalue weighted by Crippen LogP contribution is 2.22. The van der Waals surface area contributed by atoms with E-state index in [-0.39, 0.29) is 0 Å². The molecule has 0 saturated heterocycles. The second-order valence-electron chi connectivity index (χ2n) is 4.84. The van der Waals surface area contributed by atoms with E-state index < -0.39 is 0 Å². The molecule has 0 fully saturated rings. The third kappa shape index (κ3) is 4.75. The zero-order chi connectivity index (χ0) is 13.5. The smallest absolute Gasteiger partial charge is 0.0207 e. The van der Waals surface area contributed by atoms with Crippen molar-refractivity contribution in [2.24, 2.45) is 5.92 Å². The minimum Gasteiger partial charge on any atom is -0.319 e. The highest BCUT2D eigenvalue weighted by molar-refractivity contribution is 9.10. The van der Waals surface area contributed by atoms with Crippen LogP contribution in [0, 0.1) is 5.92 Å². The predicted molar refractivity (Wildman–Crippen MR) is 87.9 cm³/mol. The fourth-order valence-corrected chi connectivity index (χ4v) is 3.51. The Bertz CT molecular complexity index is 481. The average molecular weight is 338 g/mol. The van der Waals surface area contributed by atoms with Gasteiger partial charge in [-0.1, -0.05) is 40.2 Å². The van der Waals surface area contributed by atoms with E-state index in [4.69, 9.17) is 0 Å². The highest BCUT2D eigenvalue weighted by atomic mass is 79.9. The molecule has 19 heavy (non-hydrogen) atoms. The van der Waals surface area contributed by atoms with E-state index in [1.165, 1.54) is 27.8 Å². The summed E-state index contributed by atoms with van der Waals surface area (Å²) >= 11 is 5.51. The van der Waals surface area contributed by atoms with E-state index in [2.05, 4.69) is 63.0 Å². The molecule has 0 saturated carbocycles. The van der Waals surface area contributed by atoms with Crippen LogP contribution in [0.1, 0.15) is 16.9 Å². The van der Waals surface area contributed by atoms with E-state index in [0.29, 0.717) is 5.92 Å². The number of rotatable bonds is 7. The predicted octanol–water partition coefficient (Wildman–Crippen LogP) is 4.52. The number of benzene rings is 1. The van der Waals surface area contributed by atoms with Crippen LogP contribution in [-0.2, 0) is 12.8 Å². The number of halogens is 1. The number of hydrogen-bond acceptors (Lipinski definition) is 2. The normalized spacial score (nSPS) is 12.5. The molecule has 1 aromatic heterocycles. The Morgan fingerprint density at radius 2 is 2.05 bits per heavy atom. The Morgan fingerprint density at radius 1 is 1.21 bits per heavy atom. The van der Waals surface area contributed by atoms with Gasteiger partial charge in [-0.2, -0.15) is 0 Å². The van der Waals surface area contributed by atoms with E-state index in [0.717, 1.165) is 13.0 Å². The summed E-state index contributed by atoms with van der Waals surface area (Å²) in [5.41, 5.74) is 1.41. The van der Waals surface area contributed by atoms with Gasteiger partial charge in [-0.3, -0.25) is 0 Å². The molecule has 0 amide bonds. The average Bonchev–Trinajstić information content (AvgIpc) is 2.92. The van der Waals surface area contributed by atoms with Crippen LogP contribution in [0.3, 0.4) is 0 Å². The van der Waals surface area contributed by atoms with Gasteiger partial charge in [-0.25, -0.2) is 0 Å². The van der Waals surface area contributed by atoms with Crippen LogP contribution < -0.4 is 5.32 Å². The molecule has 102 valence electrons. The molecule has 1 heterocycles. The molecule has 2 aromatic rings. The van der Waals surface area contributed by atoms with Crippen LogP contribution in [0.15, 0.2) is 46.3 Å². The maximum atomic E-state index is 3.65. The molecule has 1 aromatic carbocycles. The standard InChI is InChI=1S/C16H20BrNS/c1-18-12-13(8-9-15-6-4-10-19-15)11-14-5-2-3-7-16(14)17/h2-7,10,13,18H,8-9,11-12H2,1H3. The molecule has 1 atom stereocenters. The number of aryl methyl sites for hydroxylation is 1. The fourth-order valence-electron chi connectivity index (χ4n) is 2.34. The SMILES string of the molecule is CNCC(CCc1cccs1)Cc1ccccc1Br. The minimum atomic E-state index is 0.686. The number of nitrogens with one attached hydrogen (secondary N) is 1. The van der Waals surface area contributed by atoms with Crippen molar-refractivity contribution in [3.63, 3.8) is 0 Å². The van der Waals surface area contributed by atoms with Crippen LogP contribution in [0.2, 0.25) is 0 Å². The van der Waals surface area contributed by atoms with Crippen LogP contribution in [-0.4, -0.2) is 13.6 Å². The summed E-state index contributed by atoms with van der Waals surface area (Å²) in [6, 6.07) is 12.9. The molecule has 1 N–H and O–H groups in total. The largest absolute Gasteiger partial charge is 0.319 e. The van der Waals surface area contributed by atoms with E-state index in [1.807, 2.05) is 18.4 Å². The first-order chi connectivity index (χ1) is 9.29. The monoisotopic (exact) mass is 337 g/mol. The topological polar surface area (TPSA) is 12.0 Å². The van der Waals surface area contributed by atoms with Crippen LogP contribution >= 0.6 is 27.3 Å². The first kappa shape index (κ1) is 14.8. The maximum absolute atomic E-state index is 3.65. The third-order valence-corrected chi connectivity index (χ3v) is 5.05. The van der Waals surface area contributed by atoms with E-state index in [9.17, 15) is 0 Å². The summed E-state index contributed by atoms with van der Waals surface area (Å²) in [4.78, 5) is 1.49. The van der Waals surface area contributed by atoms with Gasteiger partial charge in [0, 0.05) is 9.35 Å². The summed E-state index contributed by atoms with van der Waals surface area (Å²) in [6.07, 6.45) is 3.56. The van der Waals surface area contributed by atoms with E-state index >= 15 is 0 Å². The molecule has 0 aliphatic rings. The molecule has 1 nitrogen and oxygen atoms in total. The second kappa shape index (κ2) is 7.83. The number of hydrogen-bond donors (Lipinski definition) is 1. The first-order valence-corrected chi connectivity index (χ1v) is 8.37. The van der Waals surface area contributed by atoms with Gasteiger partial charge in [-0.05, 0) is 61.8 Å². The molecule has 0 aliphatic heterocycles. The summed E-state index contributed by atoms with van der Waals surface area (Å²) in [7, 11) is 2.04. The zero-order valence-electron chi connectivity index (χ0n) is 11.2. The van der Waals surface area contributed by atoms with Gasteiger partial charge in [-0.15, -0.1) is 11.3 Å². The van der Waals surface area contributed by atoms with Gasteiger partial charge in [0.1, 0.15) is 0 Å². The van der Waals surface area contributed by atoms with Gasteiger partial charge in [0.15, 0.2) is 0 Å². The molecule has 1 unspecified atom stereocenters. The second-order valence-corrected chi connectivity index (χ2v) is 6.72. The van der Waals surface area contributed by atoms with E-state index in [1.54, 1.807) is 0 Å². The maximum Gasteiger partial charge on any atom is 0.0207 e. The minimum absolute atomic E-state index is 0.686. The van der Waals surface area contributed by atoms with Crippen molar-refractivity contribution in [3.05, 3.63) is 56.7 Å². The molecule has 0 spiro atoms. The lowest BCUT2D eigenvalue weighted by Gasteiger charge is -2.17. The lowest BCUT2D eigenvalue weighted by molar-refractivity contribution is 0.462. The van der Waals surface area contributed by atoms with Gasteiger partial charge in [0.25, 0.3) is 0 Å². The Labute approximate surface area is 128 Å². The van der Waals surface area contributed by atoms with Gasteiger partial charge in [0.05, 0.1) is 0 Å². The van der Waals surface area contributed by atoms with Crippen molar-refractivity contribution < 1.29 is 0 Å². The fraction of sp³-hybridized carbons (Fsp3) is 0.375. The van der Waals surface area contributed by atoms with Crippen molar-refractivity contribution >= 4 is 27.3 Å². The molecular weight excluding hydrogens is 318 g/mol. The molecule has 2 rings (SSSR count). The third-order valence-electron chi connectivity index (χ3n) is 3.34. The van der Waals surface area contributed by atoms with Crippen molar-refractivity contribution in [3.8, 4) is 0 Å². The Kier molecular flexibility index (Phi) is 6.08. The summed E-state index contributed by atoms with van der Waals surface area (Å²) < 4.78 is 1.23. The van der Waals surface area contributed by atoms with Crippen molar-refractivity contribution in [1.82, 2.24) is 5.32 Å². The van der Waals surface area contributed by atoms with Crippen LogP contribution in [0.25, 0.3) is 0 Å². The van der Waals surface area contributed by atoms with Crippen molar-refractivity contribution in [2.75, 3.05) is 13.6 Å². The summed E-state index contributed by atoms with van der Waals surface area (Å²) in [5, 5.41) is 5.49. The van der Waals surface area contributed by atoms with Crippen molar-refractivity contribution in [1.29, 1.82) is 0 Å². The molecule has 0 bridgehead atoms. The van der Waals surface area contributed by atoms with Crippen LogP contribution in [0.4, 0.5) is 0 Å². The molecule has 0 aliphatic carbocycles. The zero-order valence-corrected chi connectivity index (χ0v) is 13.6.